The smallest absolute Gasteiger partial charge is 0.276 e. The van der Waals surface area contributed by atoms with E-state index >= 15 is 0 Å². The van der Waals surface area contributed by atoms with Crippen LogP contribution in [-0.4, -0.2) is 41.8 Å². The molecule has 0 aliphatic carbocycles. The Morgan fingerprint density at radius 3 is 2.41 bits per heavy atom. The van der Waals surface area contributed by atoms with Gasteiger partial charge >= 0.3 is 0 Å². The largest absolute Gasteiger partial charge is 0.502 e. The molecule has 22 heavy (non-hydrogen) atoms. The van der Waals surface area contributed by atoms with Gasteiger partial charge in [-0.15, -0.1) is 0 Å². The molecule has 2 rings (SSSR count). The summed E-state index contributed by atoms with van der Waals surface area (Å²) in [6.07, 6.45) is 2.47. The molecule has 1 fully saturated rings. The third-order valence-corrected chi connectivity index (χ3v) is 3.55. The van der Waals surface area contributed by atoms with Gasteiger partial charge in [-0.05, 0) is 42.4 Å². The van der Waals surface area contributed by atoms with Gasteiger partial charge in [0.2, 0.25) is 5.75 Å². The molecule has 0 bridgehead atoms. The van der Waals surface area contributed by atoms with E-state index in [-0.39, 0.29) is 23.2 Å². The summed E-state index contributed by atoms with van der Waals surface area (Å²) in [6, 6.07) is 3.23. The lowest BCUT2D eigenvalue weighted by Gasteiger charge is -2.11. The maximum absolute atomic E-state index is 12.3. The highest BCUT2D eigenvalue weighted by atomic mass is 32.1. The number of hydrogen-bond acceptors (Lipinski definition) is 5. The lowest BCUT2D eigenvalue weighted by atomic mass is 10.1. The zero-order valence-electron chi connectivity index (χ0n) is 12.7. The van der Waals surface area contributed by atoms with Crippen LogP contribution in [0.3, 0.4) is 0 Å². The molecule has 0 saturated carbocycles. The molecule has 2 N–H and O–H groups in total. The lowest BCUT2D eigenvalue weighted by molar-refractivity contribution is -0.122. The number of methoxy groups -OCH3 is 2. The summed E-state index contributed by atoms with van der Waals surface area (Å²) in [7, 11) is 2.89. The third kappa shape index (κ3) is 2.99. The maximum Gasteiger partial charge on any atom is 0.276 e. The number of nitrogens with zero attached hydrogens (tertiary/aromatic N) is 1. The Labute approximate surface area is 134 Å². The normalized spacial score (nSPS) is 16.1. The van der Waals surface area contributed by atoms with Gasteiger partial charge in [-0.1, -0.05) is 6.92 Å². The summed E-state index contributed by atoms with van der Waals surface area (Å²) in [5, 5.41) is 13.2. The second-order valence-corrected chi connectivity index (χ2v) is 5.11. The van der Waals surface area contributed by atoms with Crippen molar-refractivity contribution in [2.45, 2.75) is 13.3 Å². The second kappa shape index (κ2) is 6.65. The lowest BCUT2D eigenvalue weighted by Crippen LogP contribution is -2.31. The van der Waals surface area contributed by atoms with Crippen molar-refractivity contribution in [3.8, 4) is 17.2 Å². The highest BCUT2D eigenvalue weighted by Crippen LogP contribution is 2.37. The molecule has 1 saturated heterocycles. The summed E-state index contributed by atoms with van der Waals surface area (Å²) < 4.78 is 10.2. The number of nitrogens with one attached hydrogen (secondary N) is 1. The van der Waals surface area contributed by atoms with Crippen molar-refractivity contribution in [3.05, 3.63) is 23.4 Å². The van der Waals surface area contributed by atoms with Crippen molar-refractivity contribution in [2.24, 2.45) is 0 Å². The Bertz CT molecular complexity index is 617. The minimum atomic E-state index is -0.169. The van der Waals surface area contributed by atoms with Crippen molar-refractivity contribution in [3.63, 3.8) is 0 Å². The highest BCUT2D eigenvalue weighted by Gasteiger charge is 2.29. The van der Waals surface area contributed by atoms with E-state index in [2.05, 4.69) is 5.32 Å². The third-order valence-electron chi connectivity index (χ3n) is 3.22. The number of benzene rings is 1. The monoisotopic (exact) mass is 322 g/mol. The summed E-state index contributed by atoms with van der Waals surface area (Å²) in [5.41, 5.74) is 1.04. The van der Waals surface area contributed by atoms with Crippen LogP contribution in [0.2, 0.25) is 0 Å². The number of thiocarbonyl (C=S) groups is 1. The van der Waals surface area contributed by atoms with Crippen LogP contribution in [0.15, 0.2) is 17.8 Å². The fourth-order valence-corrected chi connectivity index (χ4v) is 2.45. The fourth-order valence-electron chi connectivity index (χ4n) is 2.16. The Balaban J connectivity index is 2.37. The molecule has 0 radical (unpaired) electrons. The zero-order chi connectivity index (χ0) is 16.3. The fraction of sp³-hybridized carbons (Fsp3) is 0.333. The van der Waals surface area contributed by atoms with E-state index in [4.69, 9.17) is 21.7 Å². The summed E-state index contributed by atoms with van der Waals surface area (Å²) in [5.74, 6) is 0.285. The molecule has 1 amide bonds. The first-order valence-electron chi connectivity index (χ1n) is 6.81. The van der Waals surface area contributed by atoms with E-state index in [1.807, 2.05) is 6.92 Å². The molecule has 0 aromatic heterocycles. The van der Waals surface area contributed by atoms with Crippen LogP contribution in [0.5, 0.6) is 17.2 Å². The first kappa shape index (κ1) is 16.1. The van der Waals surface area contributed by atoms with Gasteiger partial charge in [-0.2, -0.15) is 0 Å². The van der Waals surface area contributed by atoms with Crippen LogP contribution in [0.4, 0.5) is 0 Å². The predicted molar refractivity (Wildman–Crippen MR) is 86.9 cm³/mol. The van der Waals surface area contributed by atoms with E-state index in [1.54, 1.807) is 18.2 Å². The molecular formula is C15H18N2O4S. The first-order valence-corrected chi connectivity index (χ1v) is 7.22. The number of ether oxygens (including phenoxy) is 2. The van der Waals surface area contributed by atoms with Gasteiger partial charge in [-0.25, -0.2) is 0 Å². The summed E-state index contributed by atoms with van der Waals surface area (Å²) in [4.78, 5) is 13.8. The Kier molecular flexibility index (Phi) is 4.87. The van der Waals surface area contributed by atoms with E-state index in [9.17, 15) is 9.90 Å². The average molecular weight is 322 g/mol. The number of hydrogen-bond donors (Lipinski definition) is 2. The molecule has 0 unspecified atom stereocenters. The maximum atomic E-state index is 12.3. The number of rotatable bonds is 5. The average Bonchev–Trinajstić information content (AvgIpc) is 2.76. The van der Waals surface area contributed by atoms with Crippen molar-refractivity contribution in [1.29, 1.82) is 0 Å². The molecule has 118 valence electrons. The molecule has 1 aromatic carbocycles. The number of carbonyl (C=O) groups is 1. The zero-order valence-corrected chi connectivity index (χ0v) is 13.5. The molecule has 1 aliphatic heterocycles. The number of aromatic hydroxyl groups is 1. The molecule has 1 heterocycles. The van der Waals surface area contributed by atoms with Crippen LogP contribution < -0.4 is 14.8 Å². The standard InChI is InChI=1S/C15H18N2O4S/c1-4-5-17-14(19)10(16-15(17)22)6-9-7-11(20-2)13(18)12(8-9)21-3/h6-8,18H,4-5H2,1-3H3,(H,16,22)/b10-6-. The van der Waals surface area contributed by atoms with Crippen molar-refractivity contribution >= 4 is 29.3 Å². The van der Waals surface area contributed by atoms with Crippen LogP contribution in [-0.2, 0) is 4.79 Å². The molecule has 1 aromatic rings. The van der Waals surface area contributed by atoms with E-state index in [0.717, 1.165) is 6.42 Å². The van der Waals surface area contributed by atoms with Crippen LogP contribution in [0, 0.1) is 0 Å². The van der Waals surface area contributed by atoms with E-state index in [1.165, 1.54) is 19.1 Å². The number of phenolic OH excluding ortho intramolecular Hbond substituents is 1. The van der Waals surface area contributed by atoms with Crippen LogP contribution in [0.25, 0.3) is 6.08 Å². The van der Waals surface area contributed by atoms with Gasteiger partial charge in [-0.3, -0.25) is 9.69 Å². The van der Waals surface area contributed by atoms with Crippen LogP contribution >= 0.6 is 12.2 Å². The van der Waals surface area contributed by atoms with E-state index in [0.29, 0.717) is 22.9 Å². The minimum Gasteiger partial charge on any atom is -0.502 e. The number of carbonyl (C=O) groups excluding carboxylic acids is 1. The number of amides is 1. The number of phenols is 1. The molecule has 1 aliphatic rings. The van der Waals surface area contributed by atoms with Crippen LogP contribution in [0.1, 0.15) is 18.9 Å². The van der Waals surface area contributed by atoms with Gasteiger partial charge in [0, 0.05) is 6.54 Å². The Morgan fingerprint density at radius 1 is 1.32 bits per heavy atom. The summed E-state index contributed by atoms with van der Waals surface area (Å²) in [6.45, 7) is 2.55. The van der Waals surface area contributed by atoms with Crippen molar-refractivity contribution in [2.75, 3.05) is 20.8 Å². The van der Waals surface area contributed by atoms with Gasteiger partial charge in [0.15, 0.2) is 16.6 Å². The minimum absolute atomic E-state index is 0.0824. The SMILES string of the molecule is CCCN1C(=O)/C(=C/c2cc(OC)c(O)c(OC)c2)NC1=S. The highest BCUT2D eigenvalue weighted by molar-refractivity contribution is 7.80. The van der Waals surface area contributed by atoms with Gasteiger partial charge < -0.3 is 19.9 Å². The molecular weight excluding hydrogens is 304 g/mol. The van der Waals surface area contributed by atoms with Gasteiger partial charge in [0.05, 0.1) is 14.2 Å². The molecule has 6 nitrogen and oxygen atoms in total. The quantitative estimate of drug-likeness (QED) is 0.637. The molecule has 0 spiro atoms. The predicted octanol–water partition coefficient (Wildman–Crippen LogP) is 1.88. The molecule has 0 atom stereocenters. The topological polar surface area (TPSA) is 71.0 Å². The van der Waals surface area contributed by atoms with Crippen molar-refractivity contribution < 1.29 is 19.4 Å². The van der Waals surface area contributed by atoms with Gasteiger partial charge in [0.25, 0.3) is 5.91 Å². The van der Waals surface area contributed by atoms with E-state index < -0.39 is 0 Å². The van der Waals surface area contributed by atoms with Crippen molar-refractivity contribution in [1.82, 2.24) is 10.2 Å². The van der Waals surface area contributed by atoms with Gasteiger partial charge in [0.1, 0.15) is 5.70 Å². The molecule has 7 heteroatoms. The Morgan fingerprint density at radius 2 is 1.91 bits per heavy atom. The Hall–Kier alpha value is -2.28. The first-order chi connectivity index (χ1) is 10.5. The second-order valence-electron chi connectivity index (χ2n) is 4.72. The summed E-state index contributed by atoms with van der Waals surface area (Å²) >= 11 is 5.16.